The molecule has 0 heterocycles. The van der Waals surface area contributed by atoms with Gasteiger partial charge in [0.25, 0.3) is 0 Å². The topological polar surface area (TPSA) is 86.6 Å². The van der Waals surface area contributed by atoms with E-state index in [1.165, 1.54) is 6.07 Å². The first-order chi connectivity index (χ1) is 10.0. The predicted molar refractivity (Wildman–Crippen MR) is 79.5 cm³/mol. The highest BCUT2D eigenvalue weighted by molar-refractivity contribution is 5.98. The molecule has 108 valence electrons. The zero-order valence-corrected chi connectivity index (χ0v) is 11.5. The summed E-state index contributed by atoms with van der Waals surface area (Å²) in [5.41, 5.74) is 1.84. The smallest absolute Gasteiger partial charge is 0.337 e. The second kappa shape index (κ2) is 6.09. The molecule has 0 aliphatic heterocycles. The van der Waals surface area contributed by atoms with Gasteiger partial charge in [-0.3, -0.25) is 0 Å². The van der Waals surface area contributed by atoms with E-state index in [2.05, 4.69) is 5.32 Å². The normalized spacial score (nSPS) is 10.1. The summed E-state index contributed by atoms with van der Waals surface area (Å²) < 4.78 is 0. The maximum atomic E-state index is 11.3. The van der Waals surface area contributed by atoms with Crippen LogP contribution in [-0.2, 0) is 6.42 Å². The van der Waals surface area contributed by atoms with Gasteiger partial charge in [0.1, 0.15) is 0 Å². The van der Waals surface area contributed by atoms with Crippen molar-refractivity contribution in [3.63, 3.8) is 0 Å². The minimum absolute atomic E-state index is 0.0911. The third-order valence-electron chi connectivity index (χ3n) is 3.15. The van der Waals surface area contributed by atoms with Gasteiger partial charge in [-0.2, -0.15) is 0 Å². The Kier molecular flexibility index (Phi) is 4.23. The zero-order chi connectivity index (χ0) is 15.4. The van der Waals surface area contributed by atoms with Crippen LogP contribution < -0.4 is 5.32 Å². The van der Waals surface area contributed by atoms with Crippen LogP contribution in [0.3, 0.4) is 0 Å². The van der Waals surface area contributed by atoms with Crippen molar-refractivity contribution in [2.75, 3.05) is 5.32 Å². The first kappa shape index (κ1) is 14.6. The van der Waals surface area contributed by atoms with Crippen molar-refractivity contribution in [1.29, 1.82) is 0 Å². The molecule has 2 aromatic carbocycles. The average molecular weight is 285 g/mol. The van der Waals surface area contributed by atoms with Gasteiger partial charge in [-0.15, -0.1) is 0 Å². The van der Waals surface area contributed by atoms with E-state index in [1.807, 2.05) is 13.0 Å². The van der Waals surface area contributed by atoms with Crippen LogP contribution in [0.15, 0.2) is 42.5 Å². The summed E-state index contributed by atoms with van der Waals surface area (Å²) in [5.74, 6) is -2.12. The fraction of sp³-hybridized carbons (Fsp3) is 0.125. The van der Waals surface area contributed by atoms with Gasteiger partial charge in [-0.05, 0) is 36.2 Å². The Morgan fingerprint density at radius 2 is 1.57 bits per heavy atom. The van der Waals surface area contributed by atoms with E-state index in [0.29, 0.717) is 11.4 Å². The molecule has 2 rings (SSSR count). The molecule has 21 heavy (non-hydrogen) atoms. The second-order valence-corrected chi connectivity index (χ2v) is 4.51. The molecule has 0 saturated carbocycles. The van der Waals surface area contributed by atoms with Crippen molar-refractivity contribution in [1.82, 2.24) is 0 Å². The summed E-state index contributed by atoms with van der Waals surface area (Å²) in [7, 11) is 0. The molecule has 0 spiro atoms. The molecule has 0 aliphatic rings. The molecule has 3 N–H and O–H groups in total. The van der Waals surface area contributed by atoms with E-state index in [9.17, 15) is 14.7 Å². The molecule has 0 amide bonds. The fourth-order valence-corrected chi connectivity index (χ4v) is 2.02. The van der Waals surface area contributed by atoms with Crippen molar-refractivity contribution in [2.24, 2.45) is 0 Å². The lowest BCUT2D eigenvalue weighted by molar-refractivity contribution is 0.0688. The van der Waals surface area contributed by atoms with Crippen LogP contribution in [0.4, 0.5) is 11.4 Å². The van der Waals surface area contributed by atoms with E-state index in [1.54, 1.807) is 30.3 Å². The van der Waals surface area contributed by atoms with Gasteiger partial charge in [-0.1, -0.05) is 25.1 Å². The highest BCUT2D eigenvalue weighted by atomic mass is 16.4. The van der Waals surface area contributed by atoms with Crippen molar-refractivity contribution in [2.45, 2.75) is 13.3 Å². The minimum atomic E-state index is -1.07. The molecule has 0 unspecified atom stereocenters. The van der Waals surface area contributed by atoms with Crippen molar-refractivity contribution in [3.8, 4) is 0 Å². The molecule has 0 bridgehead atoms. The highest BCUT2D eigenvalue weighted by Gasteiger charge is 2.14. The van der Waals surface area contributed by atoms with Crippen LogP contribution >= 0.6 is 0 Å². The summed E-state index contributed by atoms with van der Waals surface area (Å²) in [6.45, 7) is 1.94. The third kappa shape index (κ3) is 3.20. The summed E-state index contributed by atoms with van der Waals surface area (Å²) in [4.78, 5) is 22.5. The number of anilines is 2. The van der Waals surface area contributed by atoms with Gasteiger partial charge >= 0.3 is 11.9 Å². The number of nitrogens with one attached hydrogen (secondary N) is 1. The molecular formula is C16H15NO4. The number of hydrogen-bond acceptors (Lipinski definition) is 3. The van der Waals surface area contributed by atoms with Gasteiger partial charge in [0, 0.05) is 0 Å². The fourth-order valence-electron chi connectivity index (χ4n) is 2.02. The number of para-hydroxylation sites is 1. The Morgan fingerprint density at radius 3 is 2.19 bits per heavy atom. The van der Waals surface area contributed by atoms with E-state index >= 15 is 0 Å². The van der Waals surface area contributed by atoms with E-state index in [-0.39, 0.29) is 11.1 Å². The standard InChI is InChI=1S/C16H15NO4/c1-2-10-7-8-14(12(9-10)16(20)21)17-13-6-4-3-5-11(13)15(18)19/h3-9,17H,2H2,1H3,(H,18,19)(H,20,21). The molecule has 5 heteroatoms. The van der Waals surface area contributed by atoms with E-state index in [4.69, 9.17) is 5.11 Å². The van der Waals surface area contributed by atoms with Crippen LogP contribution in [0.1, 0.15) is 33.2 Å². The first-order valence-electron chi connectivity index (χ1n) is 6.48. The minimum Gasteiger partial charge on any atom is -0.478 e. The number of aryl methyl sites for hydroxylation is 1. The number of benzene rings is 2. The predicted octanol–water partition coefficient (Wildman–Crippen LogP) is 3.39. The van der Waals surface area contributed by atoms with Crippen molar-refractivity contribution in [3.05, 3.63) is 59.2 Å². The van der Waals surface area contributed by atoms with Crippen LogP contribution in [-0.4, -0.2) is 22.2 Å². The lowest BCUT2D eigenvalue weighted by atomic mass is 10.1. The van der Waals surface area contributed by atoms with Gasteiger partial charge < -0.3 is 15.5 Å². The van der Waals surface area contributed by atoms with Gasteiger partial charge in [0.2, 0.25) is 0 Å². The van der Waals surface area contributed by atoms with E-state index in [0.717, 1.165) is 12.0 Å². The molecule has 0 atom stereocenters. The number of rotatable bonds is 5. The van der Waals surface area contributed by atoms with Gasteiger partial charge in [0.05, 0.1) is 22.5 Å². The summed E-state index contributed by atoms with van der Waals surface area (Å²) in [6.07, 6.45) is 0.728. The summed E-state index contributed by atoms with van der Waals surface area (Å²) >= 11 is 0. The van der Waals surface area contributed by atoms with Crippen molar-refractivity contribution >= 4 is 23.3 Å². The number of carboxylic acid groups (broad SMARTS) is 2. The summed E-state index contributed by atoms with van der Waals surface area (Å²) in [5, 5.41) is 21.3. The molecule has 0 radical (unpaired) electrons. The third-order valence-corrected chi connectivity index (χ3v) is 3.15. The van der Waals surface area contributed by atoms with Crippen LogP contribution in [0.2, 0.25) is 0 Å². The lowest BCUT2D eigenvalue weighted by Crippen LogP contribution is -2.07. The average Bonchev–Trinajstić information content (AvgIpc) is 2.47. The lowest BCUT2D eigenvalue weighted by Gasteiger charge is -2.13. The van der Waals surface area contributed by atoms with E-state index < -0.39 is 11.9 Å². The molecule has 5 nitrogen and oxygen atoms in total. The van der Waals surface area contributed by atoms with Gasteiger partial charge in [-0.25, -0.2) is 9.59 Å². The Morgan fingerprint density at radius 1 is 0.952 bits per heavy atom. The SMILES string of the molecule is CCc1ccc(Nc2ccccc2C(=O)O)c(C(=O)O)c1. The number of hydrogen-bond donors (Lipinski definition) is 3. The Hall–Kier alpha value is -2.82. The first-order valence-corrected chi connectivity index (χ1v) is 6.48. The quantitative estimate of drug-likeness (QED) is 0.784. The number of carbonyl (C=O) groups is 2. The largest absolute Gasteiger partial charge is 0.478 e. The summed E-state index contributed by atoms with van der Waals surface area (Å²) in [6, 6.07) is 11.4. The monoisotopic (exact) mass is 285 g/mol. The highest BCUT2D eigenvalue weighted by Crippen LogP contribution is 2.25. The Bertz CT molecular complexity index is 694. The Balaban J connectivity index is 2.45. The Labute approximate surface area is 121 Å². The molecule has 2 aromatic rings. The molecule has 0 aliphatic carbocycles. The second-order valence-electron chi connectivity index (χ2n) is 4.51. The van der Waals surface area contributed by atoms with Crippen molar-refractivity contribution < 1.29 is 19.8 Å². The zero-order valence-electron chi connectivity index (χ0n) is 11.5. The van der Waals surface area contributed by atoms with Crippen LogP contribution in [0, 0.1) is 0 Å². The van der Waals surface area contributed by atoms with Gasteiger partial charge in [0.15, 0.2) is 0 Å². The number of carboxylic acids is 2. The number of aromatic carboxylic acids is 2. The molecule has 0 saturated heterocycles. The molecule has 0 aromatic heterocycles. The maximum Gasteiger partial charge on any atom is 0.337 e. The van der Waals surface area contributed by atoms with Crippen LogP contribution in [0.25, 0.3) is 0 Å². The molecule has 0 fully saturated rings. The maximum absolute atomic E-state index is 11.3. The van der Waals surface area contributed by atoms with Crippen LogP contribution in [0.5, 0.6) is 0 Å². The molecular weight excluding hydrogens is 270 g/mol.